The molecule has 0 radical (unpaired) electrons. The Balaban J connectivity index is 1.56. The van der Waals surface area contributed by atoms with Gasteiger partial charge < -0.3 is 19.3 Å². The van der Waals surface area contributed by atoms with E-state index in [-0.39, 0.29) is 18.6 Å². The number of fused-ring (bicyclic) bond motifs is 1. The maximum Gasteiger partial charge on any atom is 0.323 e. The van der Waals surface area contributed by atoms with Crippen molar-refractivity contribution in [2.24, 2.45) is 0 Å². The van der Waals surface area contributed by atoms with E-state index in [0.29, 0.717) is 6.54 Å². The zero-order chi connectivity index (χ0) is 23.7. The summed E-state index contributed by atoms with van der Waals surface area (Å²) in [5.74, 6) is 0.0985. The molecule has 8 heteroatoms. The van der Waals surface area contributed by atoms with Crippen molar-refractivity contribution in [2.75, 3.05) is 32.1 Å². The van der Waals surface area contributed by atoms with E-state index in [1.807, 2.05) is 78.2 Å². The molecule has 2 atom stereocenters. The Morgan fingerprint density at radius 1 is 1.21 bits per heavy atom. The average Bonchev–Trinajstić information content (AvgIpc) is 3.38. The summed E-state index contributed by atoms with van der Waals surface area (Å²) in [4.78, 5) is 14.2. The third-order valence-corrected chi connectivity index (χ3v) is 7.42. The molecule has 4 rings (SSSR count). The molecule has 1 aromatic heterocycles. The van der Waals surface area contributed by atoms with Crippen LogP contribution in [0.3, 0.4) is 0 Å². The highest BCUT2D eigenvalue weighted by Gasteiger charge is 2.30. The van der Waals surface area contributed by atoms with Crippen LogP contribution in [0.2, 0.25) is 0 Å². The number of hydrogen-bond acceptors (Lipinski definition) is 4. The van der Waals surface area contributed by atoms with Gasteiger partial charge in [0.15, 0.2) is 0 Å². The fourth-order valence-electron chi connectivity index (χ4n) is 4.38. The molecule has 1 saturated heterocycles. The molecule has 0 bridgehead atoms. The van der Waals surface area contributed by atoms with Crippen LogP contribution in [-0.2, 0) is 22.3 Å². The lowest BCUT2D eigenvalue weighted by Crippen LogP contribution is -2.23. The van der Waals surface area contributed by atoms with Gasteiger partial charge in [-0.25, -0.2) is 8.51 Å². The first-order valence-corrected chi connectivity index (χ1v) is 12.3. The Morgan fingerprint density at radius 3 is 2.58 bits per heavy atom. The van der Waals surface area contributed by atoms with Crippen LogP contribution in [0.25, 0.3) is 10.9 Å². The highest BCUT2D eigenvalue weighted by Crippen LogP contribution is 2.36. The second-order valence-electron chi connectivity index (χ2n) is 8.96. The number of rotatable bonds is 8. The summed E-state index contributed by atoms with van der Waals surface area (Å²) in [5, 5.41) is 10.5. The quantitative estimate of drug-likeness (QED) is 0.538. The Kier molecular flexibility index (Phi) is 6.76. The fraction of sp³-hybridized carbons (Fsp3) is 0.400. The molecule has 2 unspecified atom stereocenters. The first-order valence-electron chi connectivity index (χ1n) is 11.2. The molecule has 7 nitrogen and oxygen atoms in total. The molecule has 1 fully saturated rings. The van der Waals surface area contributed by atoms with Gasteiger partial charge in [0.2, 0.25) is 0 Å². The molecule has 0 saturated carbocycles. The standard InChI is InChI=1S/C25H31N3O4S/c1-17(2)32-20-6-8-21(9-7-20)33(31)28-12-11-18(14-28)23-15-27(16-25(29)30)24-13-19(26(3)4)5-10-22(23)24/h5-10,13,15,17-18H,11-12,14,16H2,1-4H3,(H,29,30). The Bertz CT molecular complexity index is 1170. The molecule has 33 heavy (non-hydrogen) atoms. The molecular weight excluding hydrogens is 438 g/mol. The van der Waals surface area contributed by atoms with Gasteiger partial charge in [-0.3, -0.25) is 4.79 Å². The Labute approximate surface area is 197 Å². The average molecular weight is 470 g/mol. The number of aromatic nitrogens is 1. The number of carbonyl (C=O) groups is 1. The van der Waals surface area contributed by atoms with E-state index in [1.165, 1.54) is 0 Å². The number of carboxylic acids is 1. The second kappa shape index (κ2) is 9.57. The van der Waals surface area contributed by atoms with E-state index in [9.17, 15) is 14.1 Å². The van der Waals surface area contributed by atoms with Gasteiger partial charge in [-0.05, 0) is 62.2 Å². The summed E-state index contributed by atoms with van der Waals surface area (Å²) in [6, 6.07) is 13.6. The Morgan fingerprint density at radius 2 is 1.94 bits per heavy atom. The van der Waals surface area contributed by atoms with Crippen molar-refractivity contribution in [3.05, 3.63) is 54.2 Å². The van der Waals surface area contributed by atoms with E-state index in [1.54, 1.807) is 0 Å². The van der Waals surface area contributed by atoms with Gasteiger partial charge >= 0.3 is 5.97 Å². The van der Waals surface area contributed by atoms with E-state index in [0.717, 1.165) is 45.8 Å². The maximum atomic E-state index is 13.2. The van der Waals surface area contributed by atoms with Crippen LogP contribution in [0, 0.1) is 0 Å². The molecule has 0 aliphatic carbocycles. The SMILES string of the molecule is CC(C)Oc1ccc(S(=O)N2CCC(c3cn(CC(=O)O)c4cc(N(C)C)ccc34)C2)cc1. The molecule has 2 aromatic carbocycles. The van der Waals surface area contributed by atoms with Crippen LogP contribution in [0.1, 0.15) is 31.7 Å². The van der Waals surface area contributed by atoms with Gasteiger partial charge in [-0.2, -0.15) is 0 Å². The van der Waals surface area contributed by atoms with Gasteiger partial charge in [-0.15, -0.1) is 0 Å². The second-order valence-corrected chi connectivity index (χ2v) is 10.4. The van der Waals surface area contributed by atoms with Crippen molar-refractivity contribution in [1.82, 2.24) is 8.87 Å². The predicted octanol–water partition coefficient (Wildman–Crippen LogP) is 4.09. The van der Waals surface area contributed by atoms with E-state index >= 15 is 0 Å². The molecule has 0 amide bonds. The van der Waals surface area contributed by atoms with Crippen LogP contribution in [-0.4, -0.2) is 57.4 Å². The van der Waals surface area contributed by atoms with Crippen LogP contribution >= 0.6 is 0 Å². The van der Waals surface area contributed by atoms with E-state index in [2.05, 4.69) is 12.1 Å². The largest absolute Gasteiger partial charge is 0.491 e. The van der Waals surface area contributed by atoms with E-state index < -0.39 is 17.0 Å². The first kappa shape index (κ1) is 23.3. The summed E-state index contributed by atoms with van der Waals surface area (Å²) in [6.07, 6.45) is 2.94. The minimum Gasteiger partial charge on any atom is -0.491 e. The lowest BCUT2D eigenvalue weighted by atomic mass is 9.98. The van der Waals surface area contributed by atoms with Crippen LogP contribution in [0.4, 0.5) is 5.69 Å². The summed E-state index contributed by atoms with van der Waals surface area (Å²) in [6.45, 7) is 5.26. The van der Waals surface area contributed by atoms with Gasteiger partial charge in [0, 0.05) is 50.4 Å². The van der Waals surface area contributed by atoms with Gasteiger partial charge in [-0.1, -0.05) is 6.07 Å². The molecule has 176 valence electrons. The molecule has 1 aliphatic heterocycles. The van der Waals surface area contributed by atoms with Crippen molar-refractivity contribution < 1.29 is 18.8 Å². The number of nitrogens with zero attached hydrogens (tertiary/aromatic N) is 3. The minimum atomic E-state index is -1.25. The lowest BCUT2D eigenvalue weighted by Gasteiger charge is -2.16. The molecule has 1 aliphatic rings. The van der Waals surface area contributed by atoms with E-state index in [4.69, 9.17) is 4.74 Å². The van der Waals surface area contributed by atoms with Crippen LogP contribution in [0.5, 0.6) is 5.75 Å². The predicted molar refractivity (Wildman–Crippen MR) is 131 cm³/mol. The first-order chi connectivity index (χ1) is 15.7. The fourth-order valence-corrected chi connectivity index (χ4v) is 5.63. The van der Waals surface area contributed by atoms with Crippen molar-refractivity contribution >= 4 is 33.5 Å². The number of aliphatic carboxylic acids is 1. The van der Waals surface area contributed by atoms with Gasteiger partial charge in [0.1, 0.15) is 23.3 Å². The van der Waals surface area contributed by atoms with Crippen molar-refractivity contribution in [2.45, 2.75) is 43.7 Å². The molecular formula is C25H31N3O4S. The normalized spacial score (nSPS) is 17.5. The monoisotopic (exact) mass is 469 g/mol. The summed E-state index contributed by atoms with van der Waals surface area (Å²) in [7, 11) is 2.69. The van der Waals surface area contributed by atoms with Crippen LogP contribution in [0.15, 0.2) is 53.6 Å². The zero-order valence-electron chi connectivity index (χ0n) is 19.5. The maximum absolute atomic E-state index is 13.2. The summed E-state index contributed by atoms with van der Waals surface area (Å²) in [5.41, 5.74) is 3.06. The highest BCUT2D eigenvalue weighted by molar-refractivity contribution is 7.82. The number of ether oxygens (including phenoxy) is 1. The zero-order valence-corrected chi connectivity index (χ0v) is 20.3. The van der Waals surface area contributed by atoms with Crippen molar-refractivity contribution in [1.29, 1.82) is 0 Å². The third kappa shape index (κ3) is 5.07. The summed E-state index contributed by atoms with van der Waals surface area (Å²) >= 11 is 0. The van der Waals surface area contributed by atoms with Gasteiger partial charge in [0.25, 0.3) is 0 Å². The molecule has 1 N–H and O–H groups in total. The van der Waals surface area contributed by atoms with Crippen molar-refractivity contribution in [3.63, 3.8) is 0 Å². The third-order valence-electron chi connectivity index (χ3n) is 5.94. The summed E-state index contributed by atoms with van der Waals surface area (Å²) < 4.78 is 22.7. The number of benzene rings is 2. The number of carboxylic acid groups (broad SMARTS) is 1. The molecule has 3 aromatic rings. The number of hydrogen-bond donors (Lipinski definition) is 1. The topological polar surface area (TPSA) is 75.0 Å². The highest BCUT2D eigenvalue weighted by atomic mass is 32.2. The molecule has 0 spiro atoms. The van der Waals surface area contributed by atoms with Crippen molar-refractivity contribution in [3.8, 4) is 5.75 Å². The minimum absolute atomic E-state index is 0.0828. The lowest BCUT2D eigenvalue weighted by molar-refractivity contribution is -0.137. The van der Waals surface area contributed by atoms with Crippen LogP contribution < -0.4 is 9.64 Å². The Hall–Kier alpha value is -2.84. The smallest absolute Gasteiger partial charge is 0.323 e. The number of anilines is 1. The molecule has 2 heterocycles. The van der Waals surface area contributed by atoms with Gasteiger partial charge in [0.05, 0.1) is 16.5 Å².